The minimum atomic E-state index is 0.0692. The summed E-state index contributed by atoms with van der Waals surface area (Å²) < 4.78 is 0. The summed E-state index contributed by atoms with van der Waals surface area (Å²) in [5, 5.41) is 3.07. The zero-order chi connectivity index (χ0) is 17.5. The number of rotatable bonds is 6. The fourth-order valence-electron chi connectivity index (χ4n) is 3.53. The summed E-state index contributed by atoms with van der Waals surface area (Å²) in [5.74, 6) is 1.74. The van der Waals surface area contributed by atoms with E-state index in [0.717, 1.165) is 50.8 Å². The SMILES string of the molecule is Cc1nccc(N2CCN(C(=O)NCCCCN3CCCC3)CC2)n1. The second kappa shape index (κ2) is 8.99. The molecule has 1 N–H and O–H groups in total. The van der Waals surface area contributed by atoms with Gasteiger partial charge < -0.3 is 20.0 Å². The van der Waals surface area contributed by atoms with Crippen molar-refractivity contribution >= 4 is 11.8 Å². The Labute approximate surface area is 150 Å². The molecule has 0 unspecified atom stereocenters. The highest BCUT2D eigenvalue weighted by molar-refractivity contribution is 5.74. The van der Waals surface area contributed by atoms with E-state index in [1.54, 1.807) is 6.20 Å². The number of urea groups is 1. The highest BCUT2D eigenvalue weighted by Crippen LogP contribution is 2.13. The van der Waals surface area contributed by atoms with Gasteiger partial charge in [0, 0.05) is 38.9 Å². The standard InChI is InChI=1S/C18H30N6O/c1-16-19-8-6-17(21-16)23-12-14-24(15-13-23)18(25)20-7-2-3-9-22-10-4-5-11-22/h6,8H,2-5,7,9-15H2,1H3,(H,20,25). The molecule has 2 fully saturated rings. The van der Waals surface area contributed by atoms with Crippen LogP contribution in [0.15, 0.2) is 12.3 Å². The highest BCUT2D eigenvalue weighted by Gasteiger charge is 2.21. The van der Waals surface area contributed by atoms with Gasteiger partial charge in [0.05, 0.1) is 0 Å². The number of hydrogen-bond acceptors (Lipinski definition) is 5. The lowest BCUT2D eigenvalue weighted by molar-refractivity contribution is 0.194. The van der Waals surface area contributed by atoms with Gasteiger partial charge >= 0.3 is 6.03 Å². The number of hydrogen-bond donors (Lipinski definition) is 1. The van der Waals surface area contributed by atoms with Crippen molar-refractivity contribution < 1.29 is 4.79 Å². The summed E-state index contributed by atoms with van der Waals surface area (Å²) in [6, 6.07) is 2.00. The van der Waals surface area contributed by atoms with Gasteiger partial charge in [-0.3, -0.25) is 0 Å². The van der Waals surface area contributed by atoms with Crippen LogP contribution in [0, 0.1) is 6.92 Å². The van der Waals surface area contributed by atoms with Gasteiger partial charge in [-0.2, -0.15) is 0 Å². The van der Waals surface area contributed by atoms with Gasteiger partial charge in [0.25, 0.3) is 0 Å². The molecule has 2 aliphatic rings. The van der Waals surface area contributed by atoms with Crippen molar-refractivity contribution in [3.63, 3.8) is 0 Å². The summed E-state index contributed by atoms with van der Waals surface area (Å²) in [6.07, 6.45) is 6.71. The van der Waals surface area contributed by atoms with Gasteiger partial charge in [-0.1, -0.05) is 0 Å². The van der Waals surface area contributed by atoms with Crippen LogP contribution in [-0.4, -0.2) is 78.2 Å². The second-order valence-electron chi connectivity index (χ2n) is 6.92. The molecule has 25 heavy (non-hydrogen) atoms. The minimum absolute atomic E-state index is 0.0692. The smallest absolute Gasteiger partial charge is 0.317 e. The maximum Gasteiger partial charge on any atom is 0.317 e. The lowest BCUT2D eigenvalue weighted by atomic mass is 10.3. The van der Waals surface area contributed by atoms with Gasteiger partial charge in [-0.05, 0) is 58.3 Å². The largest absolute Gasteiger partial charge is 0.353 e. The Kier molecular flexibility index (Phi) is 6.44. The van der Waals surface area contributed by atoms with Crippen LogP contribution in [0.5, 0.6) is 0 Å². The third-order valence-corrected chi connectivity index (χ3v) is 5.03. The third kappa shape index (κ3) is 5.29. The summed E-state index contributed by atoms with van der Waals surface area (Å²) in [5.41, 5.74) is 0. The Morgan fingerprint density at radius 3 is 2.60 bits per heavy atom. The zero-order valence-electron chi connectivity index (χ0n) is 15.3. The molecule has 0 aromatic carbocycles. The van der Waals surface area contributed by atoms with E-state index in [1.807, 2.05) is 17.9 Å². The number of carbonyl (C=O) groups excluding carboxylic acids is 1. The number of carbonyl (C=O) groups is 1. The van der Waals surface area contributed by atoms with E-state index in [0.29, 0.717) is 0 Å². The fraction of sp³-hybridized carbons (Fsp3) is 0.722. The Hall–Kier alpha value is -1.89. The van der Waals surface area contributed by atoms with Crippen LogP contribution in [0.25, 0.3) is 0 Å². The first-order valence-electron chi connectivity index (χ1n) is 9.52. The number of aryl methyl sites for hydroxylation is 1. The molecule has 0 bridgehead atoms. The molecule has 2 saturated heterocycles. The lowest BCUT2D eigenvalue weighted by Crippen LogP contribution is -2.52. The molecule has 3 heterocycles. The van der Waals surface area contributed by atoms with E-state index in [9.17, 15) is 4.79 Å². The van der Waals surface area contributed by atoms with Crippen molar-refractivity contribution in [3.05, 3.63) is 18.1 Å². The third-order valence-electron chi connectivity index (χ3n) is 5.03. The quantitative estimate of drug-likeness (QED) is 0.791. The molecule has 2 aliphatic heterocycles. The van der Waals surface area contributed by atoms with Crippen LogP contribution in [-0.2, 0) is 0 Å². The van der Waals surface area contributed by atoms with Gasteiger partial charge in [0.1, 0.15) is 11.6 Å². The molecule has 0 atom stereocenters. The Morgan fingerprint density at radius 1 is 1.12 bits per heavy atom. The summed E-state index contributed by atoms with van der Waals surface area (Å²) in [6.45, 7) is 9.47. The number of aromatic nitrogens is 2. The number of piperazine rings is 1. The van der Waals surface area contributed by atoms with Crippen molar-refractivity contribution in [2.75, 3.05) is 57.3 Å². The van der Waals surface area contributed by atoms with Crippen LogP contribution in [0.1, 0.15) is 31.5 Å². The Bertz CT molecular complexity index is 552. The van der Waals surface area contributed by atoms with Crippen LogP contribution in [0.4, 0.5) is 10.6 Å². The topological polar surface area (TPSA) is 64.6 Å². The number of likely N-dealkylation sites (tertiary alicyclic amines) is 1. The van der Waals surface area contributed by atoms with E-state index < -0.39 is 0 Å². The molecule has 2 amide bonds. The first-order valence-corrected chi connectivity index (χ1v) is 9.52. The van der Waals surface area contributed by atoms with Crippen molar-refractivity contribution in [2.45, 2.75) is 32.6 Å². The molecule has 0 radical (unpaired) electrons. The summed E-state index contributed by atoms with van der Waals surface area (Å²) in [4.78, 5) is 27.5. The van der Waals surface area contributed by atoms with Crippen LogP contribution < -0.4 is 10.2 Å². The average Bonchev–Trinajstić information content (AvgIpc) is 3.15. The lowest BCUT2D eigenvalue weighted by Gasteiger charge is -2.35. The normalized spacial score (nSPS) is 18.6. The molecule has 7 heteroatoms. The van der Waals surface area contributed by atoms with Gasteiger partial charge in [-0.25, -0.2) is 14.8 Å². The van der Waals surface area contributed by atoms with Crippen molar-refractivity contribution in [1.29, 1.82) is 0 Å². The fourth-order valence-corrected chi connectivity index (χ4v) is 3.53. The van der Waals surface area contributed by atoms with E-state index in [2.05, 4.69) is 25.1 Å². The molecule has 0 spiro atoms. The zero-order valence-corrected chi connectivity index (χ0v) is 15.3. The first kappa shape index (κ1) is 17.9. The molecule has 1 aromatic heterocycles. The molecule has 3 rings (SSSR count). The molecular weight excluding hydrogens is 316 g/mol. The van der Waals surface area contributed by atoms with E-state index in [1.165, 1.54) is 38.9 Å². The predicted molar refractivity (Wildman–Crippen MR) is 98.9 cm³/mol. The number of nitrogens with zero attached hydrogens (tertiary/aromatic N) is 5. The number of amides is 2. The summed E-state index contributed by atoms with van der Waals surface area (Å²) in [7, 11) is 0. The summed E-state index contributed by atoms with van der Waals surface area (Å²) >= 11 is 0. The predicted octanol–water partition coefficient (Wildman–Crippen LogP) is 1.49. The Balaban J connectivity index is 1.31. The maximum absolute atomic E-state index is 12.3. The van der Waals surface area contributed by atoms with E-state index >= 15 is 0 Å². The van der Waals surface area contributed by atoms with Gasteiger partial charge in [0.2, 0.25) is 0 Å². The number of nitrogens with one attached hydrogen (secondary N) is 1. The van der Waals surface area contributed by atoms with Gasteiger partial charge in [-0.15, -0.1) is 0 Å². The average molecular weight is 346 g/mol. The van der Waals surface area contributed by atoms with Crippen molar-refractivity contribution in [2.24, 2.45) is 0 Å². The first-order chi connectivity index (χ1) is 12.2. The molecule has 0 saturated carbocycles. The van der Waals surface area contributed by atoms with Crippen molar-refractivity contribution in [1.82, 2.24) is 25.1 Å². The van der Waals surface area contributed by atoms with Crippen molar-refractivity contribution in [3.8, 4) is 0 Å². The minimum Gasteiger partial charge on any atom is -0.353 e. The molecule has 0 aliphatic carbocycles. The van der Waals surface area contributed by atoms with E-state index in [-0.39, 0.29) is 6.03 Å². The van der Waals surface area contributed by atoms with Crippen LogP contribution in [0.3, 0.4) is 0 Å². The van der Waals surface area contributed by atoms with Crippen LogP contribution in [0.2, 0.25) is 0 Å². The maximum atomic E-state index is 12.3. The number of unbranched alkanes of at least 4 members (excludes halogenated alkanes) is 1. The second-order valence-corrected chi connectivity index (χ2v) is 6.92. The highest BCUT2D eigenvalue weighted by atomic mass is 16.2. The van der Waals surface area contributed by atoms with Gasteiger partial charge in [0.15, 0.2) is 0 Å². The van der Waals surface area contributed by atoms with Crippen LogP contribution >= 0.6 is 0 Å². The number of anilines is 1. The van der Waals surface area contributed by atoms with E-state index in [4.69, 9.17) is 0 Å². The Morgan fingerprint density at radius 2 is 1.88 bits per heavy atom. The monoisotopic (exact) mass is 346 g/mol. The molecule has 1 aromatic rings. The molecule has 7 nitrogen and oxygen atoms in total. The molecule has 138 valence electrons. The molecular formula is C18H30N6O.